The third-order valence-electron chi connectivity index (χ3n) is 1.69. The first-order valence-electron chi connectivity index (χ1n) is 3.74. The average Bonchev–Trinajstić information content (AvgIpc) is 2.16. The Hall–Kier alpha value is -1.69. The zero-order valence-corrected chi connectivity index (χ0v) is 7.57. The summed E-state index contributed by atoms with van der Waals surface area (Å²) >= 11 is 0. The molecule has 0 spiro atoms. The van der Waals surface area contributed by atoms with Gasteiger partial charge in [-0.25, -0.2) is 15.8 Å². The number of anilines is 1. The molecule has 1 rings (SSSR count). The van der Waals surface area contributed by atoms with Gasteiger partial charge in [-0.15, -0.1) is 0 Å². The molecule has 70 valence electrons. The maximum absolute atomic E-state index is 5.15. The van der Waals surface area contributed by atoms with Crippen molar-refractivity contribution >= 4 is 11.7 Å². The molecular weight excluding hydrogens is 168 g/mol. The van der Waals surface area contributed by atoms with E-state index >= 15 is 0 Å². The highest BCUT2D eigenvalue weighted by atomic mass is 15.3. The zero-order valence-electron chi connectivity index (χ0n) is 7.57. The second kappa shape index (κ2) is 3.81. The molecule has 1 heterocycles. The summed E-state index contributed by atoms with van der Waals surface area (Å²) in [6, 6.07) is 0. The van der Waals surface area contributed by atoms with Crippen molar-refractivity contribution in [3.05, 3.63) is 17.5 Å². The van der Waals surface area contributed by atoms with E-state index in [-0.39, 0.29) is 0 Å². The van der Waals surface area contributed by atoms with E-state index in [4.69, 9.17) is 11.7 Å². The van der Waals surface area contributed by atoms with E-state index in [2.05, 4.69) is 20.5 Å². The molecule has 1 aromatic rings. The fourth-order valence-corrected chi connectivity index (χ4v) is 0.961. The molecule has 0 unspecified atom stereocenters. The number of aryl methyl sites for hydroxylation is 1. The summed E-state index contributed by atoms with van der Waals surface area (Å²) in [4.78, 5) is 8.02. The van der Waals surface area contributed by atoms with Crippen LogP contribution < -0.4 is 17.1 Å². The molecule has 0 fully saturated rings. The molecule has 6 nitrogen and oxygen atoms in total. The third kappa shape index (κ3) is 1.91. The summed E-state index contributed by atoms with van der Waals surface area (Å²) in [5, 5.41) is 3.56. The number of rotatable bonds is 2. The van der Waals surface area contributed by atoms with E-state index in [9.17, 15) is 0 Å². The molecule has 0 aliphatic carbocycles. The van der Waals surface area contributed by atoms with Crippen LogP contribution in [0.1, 0.15) is 18.2 Å². The first kappa shape index (κ1) is 9.40. The minimum atomic E-state index is 0.381. The second-order valence-electron chi connectivity index (χ2n) is 2.55. The van der Waals surface area contributed by atoms with E-state index in [0.29, 0.717) is 11.7 Å². The highest BCUT2D eigenvalue weighted by Gasteiger charge is 2.04. The summed E-state index contributed by atoms with van der Waals surface area (Å²) in [6.07, 6.45) is 1.63. The van der Waals surface area contributed by atoms with Crippen LogP contribution in [0.4, 0.5) is 5.95 Å². The van der Waals surface area contributed by atoms with Gasteiger partial charge in [0.05, 0.1) is 11.4 Å². The molecule has 0 saturated carbocycles. The molecule has 0 atom stereocenters. The molecule has 0 amide bonds. The number of nitrogen functional groups attached to an aromatic ring is 1. The second-order valence-corrected chi connectivity index (χ2v) is 2.55. The summed E-state index contributed by atoms with van der Waals surface area (Å²) in [7, 11) is 0. The minimum Gasteiger partial charge on any atom is -0.323 e. The van der Waals surface area contributed by atoms with Crippen molar-refractivity contribution in [2.24, 2.45) is 16.8 Å². The molecule has 1 aromatic heterocycles. The highest BCUT2D eigenvalue weighted by Crippen LogP contribution is 2.06. The Morgan fingerprint density at radius 3 is 2.77 bits per heavy atom. The van der Waals surface area contributed by atoms with Crippen molar-refractivity contribution < 1.29 is 0 Å². The Morgan fingerprint density at radius 1 is 1.62 bits per heavy atom. The normalized spacial score (nSPS) is 11.5. The number of hydrazone groups is 1. The van der Waals surface area contributed by atoms with E-state index in [0.717, 1.165) is 11.3 Å². The summed E-state index contributed by atoms with van der Waals surface area (Å²) in [6.45, 7) is 3.63. The SMILES string of the molecule is CC(=NN)c1cnc(NN)nc1C. The van der Waals surface area contributed by atoms with Gasteiger partial charge in [0.25, 0.3) is 0 Å². The van der Waals surface area contributed by atoms with Crippen LogP contribution in [-0.2, 0) is 0 Å². The topological polar surface area (TPSA) is 102 Å². The smallest absolute Gasteiger partial charge is 0.237 e. The highest BCUT2D eigenvalue weighted by molar-refractivity contribution is 5.99. The van der Waals surface area contributed by atoms with Gasteiger partial charge in [-0.1, -0.05) is 0 Å². The number of nitrogens with zero attached hydrogens (tertiary/aromatic N) is 3. The summed E-state index contributed by atoms with van der Waals surface area (Å²) < 4.78 is 0. The molecule has 0 bridgehead atoms. The Kier molecular flexibility index (Phi) is 2.76. The van der Waals surface area contributed by atoms with Gasteiger partial charge in [-0.05, 0) is 13.8 Å². The zero-order chi connectivity index (χ0) is 9.84. The van der Waals surface area contributed by atoms with Gasteiger partial charge in [-0.3, -0.25) is 5.43 Å². The Labute approximate surface area is 76.0 Å². The van der Waals surface area contributed by atoms with Crippen LogP contribution in [0.3, 0.4) is 0 Å². The average molecular weight is 180 g/mol. The number of hydrogen-bond acceptors (Lipinski definition) is 6. The molecular formula is C7H12N6. The third-order valence-corrected chi connectivity index (χ3v) is 1.69. The quantitative estimate of drug-likeness (QED) is 0.331. The lowest BCUT2D eigenvalue weighted by molar-refractivity contribution is 1.06. The van der Waals surface area contributed by atoms with Gasteiger partial charge in [0.2, 0.25) is 5.95 Å². The maximum Gasteiger partial charge on any atom is 0.237 e. The van der Waals surface area contributed by atoms with Gasteiger partial charge in [0, 0.05) is 11.8 Å². The molecule has 5 N–H and O–H groups in total. The largest absolute Gasteiger partial charge is 0.323 e. The van der Waals surface area contributed by atoms with Gasteiger partial charge in [-0.2, -0.15) is 5.10 Å². The van der Waals surface area contributed by atoms with Crippen molar-refractivity contribution in [2.45, 2.75) is 13.8 Å². The van der Waals surface area contributed by atoms with Crippen LogP contribution in [-0.4, -0.2) is 15.7 Å². The van der Waals surface area contributed by atoms with Gasteiger partial charge in [0.1, 0.15) is 0 Å². The number of hydrazine groups is 1. The monoisotopic (exact) mass is 180 g/mol. The molecule has 13 heavy (non-hydrogen) atoms. The standard InChI is InChI=1S/C7H12N6/c1-4-6(5(2)12-8)3-10-7(11-4)13-9/h3H,8-9H2,1-2H3,(H,10,11,13). The van der Waals surface area contributed by atoms with Gasteiger partial charge in [0.15, 0.2) is 0 Å². The summed E-state index contributed by atoms with van der Waals surface area (Å²) in [5.74, 6) is 10.7. The first-order valence-corrected chi connectivity index (χ1v) is 3.74. The Bertz CT molecular complexity index is 332. The molecule has 0 aliphatic rings. The van der Waals surface area contributed by atoms with Crippen LogP contribution in [0.25, 0.3) is 0 Å². The lowest BCUT2D eigenvalue weighted by atomic mass is 10.2. The first-order chi connectivity index (χ1) is 6.19. The number of nitrogens with two attached hydrogens (primary N) is 2. The predicted octanol–water partition coefficient (Wildman–Crippen LogP) is -0.247. The lowest BCUT2D eigenvalue weighted by Gasteiger charge is -2.04. The van der Waals surface area contributed by atoms with Crippen molar-refractivity contribution in [3.63, 3.8) is 0 Å². The van der Waals surface area contributed by atoms with Gasteiger partial charge < -0.3 is 5.84 Å². The van der Waals surface area contributed by atoms with Crippen LogP contribution in [0.2, 0.25) is 0 Å². The van der Waals surface area contributed by atoms with Gasteiger partial charge >= 0.3 is 0 Å². The van der Waals surface area contributed by atoms with Crippen molar-refractivity contribution in [1.82, 2.24) is 9.97 Å². The fraction of sp³-hybridized carbons (Fsp3) is 0.286. The molecule has 0 aromatic carbocycles. The van der Waals surface area contributed by atoms with Crippen LogP contribution in [0, 0.1) is 6.92 Å². The lowest BCUT2D eigenvalue weighted by Crippen LogP contribution is -2.13. The predicted molar refractivity (Wildman–Crippen MR) is 51.0 cm³/mol. The van der Waals surface area contributed by atoms with Crippen LogP contribution in [0.5, 0.6) is 0 Å². The molecule has 0 saturated heterocycles. The Morgan fingerprint density at radius 2 is 2.31 bits per heavy atom. The molecule has 0 radical (unpaired) electrons. The van der Waals surface area contributed by atoms with Crippen LogP contribution >= 0.6 is 0 Å². The van der Waals surface area contributed by atoms with Crippen molar-refractivity contribution in [3.8, 4) is 0 Å². The molecule has 6 heteroatoms. The maximum atomic E-state index is 5.15. The number of hydrogen-bond donors (Lipinski definition) is 3. The van der Waals surface area contributed by atoms with Crippen LogP contribution in [0.15, 0.2) is 11.3 Å². The van der Waals surface area contributed by atoms with Crippen molar-refractivity contribution in [1.29, 1.82) is 0 Å². The fourth-order valence-electron chi connectivity index (χ4n) is 0.961. The van der Waals surface area contributed by atoms with E-state index in [1.165, 1.54) is 0 Å². The molecule has 0 aliphatic heterocycles. The van der Waals surface area contributed by atoms with E-state index in [1.807, 2.05) is 6.92 Å². The summed E-state index contributed by atoms with van der Waals surface area (Å²) in [5.41, 5.74) is 4.66. The number of nitrogens with one attached hydrogen (secondary N) is 1. The van der Waals surface area contributed by atoms with E-state index < -0.39 is 0 Å². The van der Waals surface area contributed by atoms with E-state index in [1.54, 1.807) is 13.1 Å². The minimum absolute atomic E-state index is 0.381. The Balaban J connectivity index is 3.12. The number of aromatic nitrogens is 2. The van der Waals surface area contributed by atoms with Crippen molar-refractivity contribution in [2.75, 3.05) is 5.43 Å².